The van der Waals surface area contributed by atoms with Gasteiger partial charge in [-0.05, 0) is 60.8 Å². The Morgan fingerprint density at radius 3 is 2.83 bits per heavy atom. The molecule has 2 aromatic carbocycles. The molecular weight excluding hydrogens is 300 g/mol. The first-order valence-electron chi connectivity index (χ1n) is 8.01. The van der Waals surface area contributed by atoms with Crippen LogP contribution in [0, 0.1) is 6.92 Å². The van der Waals surface area contributed by atoms with E-state index >= 15 is 0 Å². The lowest BCUT2D eigenvalue weighted by molar-refractivity contribution is 0.0696. The van der Waals surface area contributed by atoms with Gasteiger partial charge >= 0.3 is 5.97 Å². The van der Waals surface area contributed by atoms with Crippen LogP contribution in [0.3, 0.4) is 0 Å². The van der Waals surface area contributed by atoms with Crippen molar-refractivity contribution in [2.75, 3.05) is 6.54 Å². The zero-order valence-electron chi connectivity index (χ0n) is 13.6. The lowest BCUT2D eigenvalue weighted by Gasteiger charge is -2.09. The minimum atomic E-state index is -0.884. The lowest BCUT2D eigenvalue weighted by atomic mass is 10.1. The minimum absolute atomic E-state index is 0.338. The van der Waals surface area contributed by atoms with Gasteiger partial charge in [-0.1, -0.05) is 24.3 Å². The number of pyridine rings is 1. The molecule has 122 valence electrons. The normalized spacial score (nSPS) is 10.9. The summed E-state index contributed by atoms with van der Waals surface area (Å²) in [4.78, 5) is 15.4. The molecule has 1 heterocycles. The number of nitrogens with one attached hydrogen (secondary N) is 1. The average Bonchev–Trinajstić information content (AvgIpc) is 2.59. The van der Waals surface area contributed by atoms with Gasteiger partial charge in [0.2, 0.25) is 0 Å². The van der Waals surface area contributed by atoms with Crippen LogP contribution in [0.5, 0.6) is 0 Å². The molecule has 0 fully saturated rings. The molecule has 0 aliphatic heterocycles. The molecule has 0 aliphatic carbocycles. The van der Waals surface area contributed by atoms with Gasteiger partial charge in [0.05, 0.1) is 11.1 Å². The molecule has 0 bridgehead atoms. The van der Waals surface area contributed by atoms with Gasteiger partial charge in [-0.15, -0.1) is 0 Å². The van der Waals surface area contributed by atoms with Gasteiger partial charge in [0.25, 0.3) is 0 Å². The molecule has 3 aromatic rings. The van der Waals surface area contributed by atoms with Crippen molar-refractivity contribution in [2.24, 2.45) is 0 Å². The number of carboxylic acids is 1. The van der Waals surface area contributed by atoms with E-state index in [4.69, 9.17) is 5.11 Å². The number of aryl methyl sites for hydroxylation is 1. The number of carbonyl (C=O) groups is 1. The first-order chi connectivity index (χ1) is 11.6. The summed E-state index contributed by atoms with van der Waals surface area (Å²) in [5.74, 6) is -0.884. The Hall–Kier alpha value is -2.72. The van der Waals surface area contributed by atoms with Crippen molar-refractivity contribution >= 4 is 16.9 Å². The third kappa shape index (κ3) is 3.78. The van der Waals surface area contributed by atoms with Crippen LogP contribution in [-0.2, 0) is 13.0 Å². The van der Waals surface area contributed by atoms with Crippen molar-refractivity contribution in [1.82, 2.24) is 10.3 Å². The molecule has 0 saturated carbocycles. The number of hydrogen-bond donors (Lipinski definition) is 2. The number of fused-ring (bicyclic) bond motifs is 1. The van der Waals surface area contributed by atoms with E-state index in [1.807, 2.05) is 18.3 Å². The molecule has 0 unspecified atom stereocenters. The van der Waals surface area contributed by atoms with Gasteiger partial charge in [0, 0.05) is 18.1 Å². The smallest absolute Gasteiger partial charge is 0.335 e. The fourth-order valence-electron chi connectivity index (χ4n) is 2.88. The topological polar surface area (TPSA) is 62.2 Å². The zero-order chi connectivity index (χ0) is 16.9. The first kappa shape index (κ1) is 16.1. The van der Waals surface area contributed by atoms with E-state index in [-0.39, 0.29) is 0 Å². The molecule has 24 heavy (non-hydrogen) atoms. The third-order valence-corrected chi connectivity index (χ3v) is 4.05. The Morgan fingerprint density at radius 2 is 2.00 bits per heavy atom. The number of rotatable bonds is 6. The maximum atomic E-state index is 11.0. The number of hydrogen-bond acceptors (Lipinski definition) is 3. The van der Waals surface area contributed by atoms with Gasteiger partial charge in [0.1, 0.15) is 0 Å². The predicted octanol–water partition coefficient (Wildman–Crippen LogP) is 3.57. The highest BCUT2D eigenvalue weighted by atomic mass is 16.4. The molecule has 3 rings (SSSR count). The third-order valence-electron chi connectivity index (χ3n) is 4.05. The molecular formula is C20H20N2O2. The monoisotopic (exact) mass is 320 g/mol. The lowest BCUT2D eigenvalue weighted by Crippen LogP contribution is -2.17. The first-order valence-corrected chi connectivity index (χ1v) is 8.01. The van der Waals surface area contributed by atoms with Gasteiger partial charge in [-0.3, -0.25) is 4.98 Å². The summed E-state index contributed by atoms with van der Waals surface area (Å²) >= 11 is 0. The van der Waals surface area contributed by atoms with E-state index < -0.39 is 5.97 Å². The molecule has 0 atom stereocenters. The molecule has 4 nitrogen and oxygen atoms in total. The van der Waals surface area contributed by atoms with E-state index in [0.717, 1.165) is 36.0 Å². The summed E-state index contributed by atoms with van der Waals surface area (Å²) in [7, 11) is 0. The van der Waals surface area contributed by atoms with E-state index in [1.54, 1.807) is 18.2 Å². The van der Waals surface area contributed by atoms with Gasteiger partial charge < -0.3 is 10.4 Å². The van der Waals surface area contributed by atoms with Crippen molar-refractivity contribution in [3.05, 3.63) is 77.0 Å². The summed E-state index contributed by atoms with van der Waals surface area (Å²) < 4.78 is 0. The van der Waals surface area contributed by atoms with Crippen molar-refractivity contribution in [1.29, 1.82) is 0 Å². The Kier molecular flexibility index (Phi) is 4.87. The highest BCUT2D eigenvalue weighted by molar-refractivity contribution is 5.87. The SMILES string of the molecule is Cc1cc(CNCCc2cccc(C(=O)O)c2)cc2cccnc12. The average molecular weight is 320 g/mol. The fourth-order valence-corrected chi connectivity index (χ4v) is 2.88. The van der Waals surface area contributed by atoms with Crippen LogP contribution in [0.4, 0.5) is 0 Å². The van der Waals surface area contributed by atoms with Crippen molar-refractivity contribution in [3.8, 4) is 0 Å². The highest BCUT2D eigenvalue weighted by Crippen LogP contribution is 2.18. The zero-order valence-corrected chi connectivity index (χ0v) is 13.6. The van der Waals surface area contributed by atoms with Gasteiger partial charge in [0.15, 0.2) is 0 Å². The van der Waals surface area contributed by atoms with E-state index in [1.165, 1.54) is 11.1 Å². The maximum Gasteiger partial charge on any atom is 0.335 e. The number of nitrogens with zero attached hydrogens (tertiary/aromatic N) is 1. The minimum Gasteiger partial charge on any atom is -0.478 e. The van der Waals surface area contributed by atoms with Crippen LogP contribution >= 0.6 is 0 Å². The van der Waals surface area contributed by atoms with E-state index in [9.17, 15) is 4.79 Å². The summed E-state index contributed by atoms with van der Waals surface area (Å²) in [5, 5.41) is 13.6. The highest BCUT2D eigenvalue weighted by Gasteiger charge is 2.04. The summed E-state index contributed by atoms with van der Waals surface area (Å²) in [5.41, 5.74) is 4.82. The predicted molar refractivity (Wildman–Crippen MR) is 95.3 cm³/mol. The van der Waals surface area contributed by atoms with Crippen LogP contribution in [0.1, 0.15) is 27.0 Å². The van der Waals surface area contributed by atoms with E-state index in [0.29, 0.717) is 5.56 Å². The Labute approximate surface area is 141 Å². The molecule has 4 heteroatoms. The number of benzene rings is 2. The van der Waals surface area contributed by atoms with Gasteiger partial charge in [-0.2, -0.15) is 0 Å². The number of aromatic nitrogens is 1. The quantitative estimate of drug-likeness (QED) is 0.682. The second-order valence-electron chi connectivity index (χ2n) is 5.92. The Morgan fingerprint density at radius 1 is 1.12 bits per heavy atom. The molecule has 0 aliphatic rings. The van der Waals surface area contributed by atoms with Crippen molar-refractivity contribution in [3.63, 3.8) is 0 Å². The summed E-state index contributed by atoms with van der Waals surface area (Å²) in [6.45, 7) is 3.66. The molecule has 1 aromatic heterocycles. The second kappa shape index (κ2) is 7.23. The number of carboxylic acid groups (broad SMARTS) is 1. The van der Waals surface area contributed by atoms with Crippen LogP contribution in [0.2, 0.25) is 0 Å². The molecule has 0 radical (unpaired) electrons. The standard InChI is InChI=1S/C20H20N2O2/c1-14-10-16(12-17-6-3-8-22-19(14)17)13-21-9-7-15-4-2-5-18(11-15)20(23)24/h2-6,8,10-12,21H,7,9,13H2,1H3,(H,23,24). The van der Waals surface area contributed by atoms with Crippen LogP contribution < -0.4 is 5.32 Å². The summed E-state index contributed by atoms with van der Waals surface area (Å²) in [6.07, 6.45) is 2.62. The molecule has 0 amide bonds. The molecule has 0 spiro atoms. The van der Waals surface area contributed by atoms with E-state index in [2.05, 4.69) is 35.4 Å². The summed E-state index contributed by atoms with van der Waals surface area (Å²) in [6, 6.07) is 15.4. The fraction of sp³-hybridized carbons (Fsp3) is 0.200. The number of aromatic carboxylic acids is 1. The van der Waals surface area contributed by atoms with Crippen LogP contribution in [0.25, 0.3) is 10.9 Å². The van der Waals surface area contributed by atoms with Crippen LogP contribution in [0.15, 0.2) is 54.7 Å². The Balaban J connectivity index is 1.59. The van der Waals surface area contributed by atoms with Gasteiger partial charge in [-0.25, -0.2) is 4.79 Å². The van der Waals surface area contributed by atoms with Crippen LogP contribution in [-0.4, -0.2) is 22.6 Å². The molecule has 0 saturated heterocycles. The maximum absolute atomic E-state index is 11.0. The Bertz CT molecular complexity index is 874. The molecule has 2 N–H and O–H groups in total. The largest absolute Gasteiger partial charge is 0.478 e. The van der Waals surface area contributed by atoms with Crippen molar-refractivity contribution < 1.29 is 9.90 Å². The van der Waals surface area contributed by atoms with Crippen molar-refractivity contribution in [2.45, 2.75) is 19.9 Å². The second-order valence-corrected chi connectivity index (χ2v) is 5.92.